The van der Waals surface area contributed by atoms with E-state index in [4.69, 9.17) is 10.5 Å². The number of carbonyl (C=O) groups is 2. The first-order chi connectivity index (χ1) is 18.7. The van der Waals surface area contributed by atoms with Crippen molar-refractivity contribution in [3.8, 4) is 0 Å². The van der Waals surface area contributed by atoms with Crippen LogP contribution in [-0.2, 0) is 15.7 Å². The number of hydrogen-bond donors (Lipinski definition) is 1. The van der Waals surface area contributed by atoms with Gasteiger partial charge in [0.1, 0.15) is 5.41 Å². The molecule has 40 heavy (non-hydrogen) atoms. The monoisotopic (exact) mass is 564 g/mol. The van der Waals surface area contributed by atoms with E-state index in [-0.39, 0.29) is 12.3 Å². The Morgan fingerprint density at radius 1 is 0.850 bits per heavy atom. The molecule has 0 aliphatic carbocycles. The second-order valence-electron chi connectivity index (χ2n) is 9.18. The third-order valence-corrected chi connectivity index (χ3v) is 6.32. The Morgan fingerprint density at radius 2 is 1.38 bits per heavy atom. The molecule has 2 N–H and O–H groups in total. The Kier molecular flexibility index (Phi) is 9.07. The van der Waals surface area contributed by atoms with Gasteiger partial charge in [-0.05, 0) is 32.0 Å². The van der Waals surface area contributed by atoms with Crippen molar-refractivity contribution in [3.05, 3.63) is 101 Å². The highest BCUT2D eigenvalue weighted by Crippen LogP contribution is 2.47. The van der Waals surface area contributed by atoms with Gasteiger partial charge in [0.2, 0.25) is 0 Å². The quantitative estimate of drug-likeness (QED) is 0.101. The van der Waals surface area contributed by atoms with Gasteiger partial charge in [0.25, 0.3) is 0 Å². The molecule has 11 heteroatoms. The molecule has 0 bridgehead atoms. The third kappa shape index (κ3) is 6.70. The molecule has 0 fully saturated rings. The zero-order valence-corrected chi connectivity index (χ0v) is 21.5. The van der Waals surface area contributed by atoms with Crippen molar-refractivity contribution >= 4 is 23.2 Å². The SMILES string of the molecule is CCOC(=O)C(N=C(c1ccccc1)c1ccccc1)C(C)(CC(=O)c1ccc(N)c(C(F)(F)F)c1)C(F)(F)F. The number of carbonyl (C=O) groups excluding carboxylic acids is 2. The van der Waals surface area contributed by atoms with Crippen LogP contribution in [0.4, 0.5) is 32.0 Å². The van der Waals surface area contributed by atoms with Gasteiger partial charge in [-0.3, -0.25) is 9.79 Å². The van der Waals surface area contributed by atoms with Gasteiger partial charge < -0.3 is 10.5 Å². The first-order valence-corrected chi connectivity index (χ1v) is 12.1. The Hall–Kier alpha value is -4.15. The van der Waals surface area contributed by atoms with Crippen LogP contribution < -0.4 is 5.73 Å². The number of alkyl halides is 6. The Bertz CT molecular complexity index is 1330. The first kappa shape index (κ1) is 30.4. The number of ether oxygens (including phenoxy) is 1. The standard InChI is InChI=1S/C29H26F6N2O3/c1-3-40-26(39)25(37-24(18-10-6-4-7-11-18)19-12-8-5-9-13-19)27(2,29(33,34)35)17-23(38)20-14-15-22(36)21(16-20)28(30,31)32/h4-16,25H,3,17,36H2,1-2H3. The van der Waals surface area contributed by atoms with Crippen LogP contribution in [0.2, 0.25) is 0 Å². The van der Waals surface area contributed by atoms with Gasteiger partial charge in [0, 0.05) is 28.8 Å². The number of ketones is 1. The second-order valence-corrected chi connectivity index (χ2v) is 9.18. The average Bonchev–Trinajstić information content (AvgIpc) is 2.89. The number of nitrogens with zero attached hydrogens (tertiary/aromatic N) is 1. The van der Waals surface area contributed by atoms with E-state index in [0.29, 0.717) is 24.1 Å². The molecule has 3 aromatic rings. The van der Waals surface area contributed by atoms with Crippen LogP contribution in [-0.4, -0.2) is 36.3 Å². The number of halogens is 6. The lowest BCUT2D eigenvalue weighted by Gasteiger charge is -2.36. The molecule has 0 saturated heterocycles. The average molecular weight is 565 g/mol. The summed E-state index contributed by atoms with van der Waals surface area (Å²) in [5.74, 6) is -2.62. The smallest absolute Gasteiger partial charge is 0.418 e. The fourth-order valence-electron chi connectivity index (χ4n) is 4.08. The van der Waals surface area contributed by atoms with Crippen LogP contribution in [0.15, 0.2) is 83.9 Å². The molecule has 0 aliphatic rings. The molecular weight excluding hydrogens is 538 g/mol. The van der Waals surface area contributed by atoms with E-state index in [1.807, 2.05) is 0 Å². The summed E-state index contributed by atoms with van der Waals surface area (Å²) in [7, 11) is 0. The van der Waals surface area contributed by atoms with Crippen LogP contribution >= 0.6 is 0 Å². The van der Waals surface area contributed by atoms with Gasteiger partial charge >= 0.3 is 18.3 Å². The van der Waals surface area contributed by atoms with E-state index >= 15 is 0 Å². The molecule has 3 aromatic carbocycles. The normalized spacial score (nSPS) is 14.1. The second kappa shape index (κ2) is 11.9. The van der Waals surface area contributed by atoms with Gasteiger partial charge in [-0.1, -0.05) is 60.7 Å². The number of nitrogens with two attached hydrogens (primary N) is 1. The van der Waals surface area contributed by atoms with Crippen molar-refractivity contribution in [1.29, 1.82) is 0 Å². The van der Waals surface area contributed by atoms with Crippen molar-refractivity contribution in [2.24, 2.45) is 10.4 Å². The molecule has 5 nitrogen and oxygen atoms in total. The minimum Gasteiger partial charge on any atom is -0.464 e. The van der Waals surface area contributed by atoms with Crippen molar-refractivity contribution in [2.45, 2.75) is 38.7 Å². The molecule has 0 spiro atoms. The van der Waals surface area contributed by atoms with E-state index < -0.39 is 58.8 Å². The lowest BCUT2D eigenvalue weighted by Crippen LogP contribution is -2.50. The Labute approximate surface area is 226 Å². The maximum absolute atomic E-state index is 14.8. The van der Waals surface area contributed by atoms with Gasteiger partial charge in [-0.2, -0.15) is 26.3 Å². The molecule has 3 rings (SSSR count). The van der Waals surface area contributed by atoms with Crippen LogP contribution in [0, 0.1) is 5.41 Å². The number of anilines is 1. The number of aliphatic imine (C=N–C) groups is 1. The van der Waals surface area contributed by atoms with Crippen molar-refractivity contribution in [1.82, 2.24) is 0 Å². The van der Waals surface area contributed by atoms with Crippen LogP contribution in [0.25, 0.3) is 0 Å². The Balaban J connectivity index is 2.20. The lowest BCUT2D eigenvalue weighted by atomic mass is 9.75. The van der Waals surface area contributed by atoms with Gasteiger partial charge in [-0.15, -0.1) is 0 Å². The van der Waals surface area contributed by atoms with E-state index in [2.05, 4.69) is 4.99 Å². The minimum absolute atomic E-state index is 0.0361. The van der Waals surface area contributed by atoms with E-state index in [9.17, 15) is 35.9 Å². The molecule has 0 amide bonds. The first-order valence-electron chi connectivity index (χ1n) is 12.1. The number of rotatable bonds is 9. The largest absolute Gasteiger partial charge is 0.464 e. The predicted octanol–water partition coefficient (Wildman–Crippen LogP) is 6.90. The minimum atomic E-state index is -5.21. The maximum Gasteiger partial charge on any atom is 0.418 e. The third-order valence-electron chi connectivity index (χ3n) is 6.32. The highest BCUT2D eigenvalue weighted by molar-refractivity contribution is 6.13. The Morgan fingerprint density at radius 3 is 1.82 bits per heavy atom. The van der Waals surface area contributed by atoms with Crippen molar-refractivity contribution in [3.63, 3.8) is 0 Å². The number of hydrogen-bond acceptors (Lipinski definition) is 5. The van der Waals surface area contributed by atoms with Gasteiger partial charge in [-0.25, -0.2) is 4.79 Å². The number of esters is 1. The molecule has 0 heterocycles. The van der Waals surface area contributed by atoms with E-state index in [1.165, 1.54) is 6.92 Å². The van der Waals surface area contributed by atoms with E-state index in [1.54, 1.807) is 60.7 Å². The molecular formula is C29H26F6N2O3. The molecule has 0 radical (unpaired) electrons. The van der Waals surface area contributed by atoms with Crippen LogP contribution in [0.3, 0.4) is 0 Å². The number of nitrogen functional groups attached to an aromatic ring is 1. The summed E-state index contributed by atoms with van der Waals surface area (Å²) in [6, 6.07) is 16.1. The summed E-state index contributed by atoms with van der Waals surface area (Å²) < 4.78 is 89.4. The van der Waals surface area contributed by atoms with Crippen molar-refractivity contribution in [2.75, 3.05) is 12.3 Å². The zero-order valence-electron chi connectivity index (χ0n) is 21.5. The highest BCUT2D eigenvalue weighted by Gasteiger charge is 2.60. The molecule has 0 saturated carbocycles. The maximum atomic E-state index is 14.8. The fourth-order valence-corrected chi connectivity index (χ4v) is 4.08. The lowest BCUT2D eigenvalue weighted by molar-refractivity contribution is -0.227. The molecule has 2 atom stereocenters. The van der Waals surface area contributed by atoms with Gasteiger partial charge in [0.05, 0.1) is 17.9 Å². The summed E-state index contributed by atoms with van der Waals surface area (Å²) in [6.45, 7) is 1.76. The highest BCUT2D eigenvalue weighted by atomic mass is 19.4. The topological polar surface area (TPSA) is 81.8 Å². The molecule has 0 aliphatic heterocycles. The van der Waals surface area contributed by atoms with Gasteiger partial charge in [0.15, 0.2) is 11.8 Å². The summed E-state index contributed by atoms with van der Waals surface area (Å²) in [5, 5.41) is 0. The number of Topliss-reactive ketones (excluding diaryl/α,β-unsaturated/α-hetero) is 1. The molecule has 0 aromatic heterocycles. The molecule has 212 valence electrons. The zero-order chi connectivity index (χ0) is 29.7. The van der Waals surface area contributed by atoms with Crippen molar-refractivity contribution < 1.29 is 40.7 Å². The van der Waals surface area contributed by atoms with Crippen LogP contribution in [0.5, 0.6) is 0 Å². The number of benzene rings is 3. The summed E-state index contributed by atoms with van der Waals surface area (Å²) in [5.41, 5.74) is 0.344. The van der Waals surface area contributed by atoms with E-state index in [0.717, 1.165) is 12.1 Å². The summed E-state index contributed by atoms with van der Waals surface area (Å²) in [6.07, 6.45) is -11.5. The molecule has 2 unspecified atom stereocenters. The summed E-state index contributed by atoms with van der Waals surface area (Å²) in [4.78, 5) is 30.4. The summed E-state index contributed by atoms with van der Waals surface area (Å²) >= 11 is 0. The fraction of sp³-hybridized carbons (Fsp3) is 0.276. The predicted molar refractivity (Wildman–Crippen MR) is 138 cm³/mol. The van der Waals surface area contributed by atoms with Crippen LogP contribution in [0.1, 0.15) is 47.3 Å².